The van der Waals surface area contributed by atoms with E-state index in [1.807, 2.05) is 12.2 Å². The molecule has 0 aromatic heterocycles. The molecule has 4 rings (SSSR count). The molecule has 0 radical (unpaired) electrons. The van der Waals surface area contributed by atoms with Crippen molar-refractivity contribution in [3.8, 4) is 0 Å². The minimum absolute atomic E-state index is 0. The first-order valence-electron chi connectivity index (χ1n) is 8.04. The monoisotopic (exact) mass is 478 g/mol. The van der Waals surface area contributed by atoms with E-state index < -0.39 is 0 Å². The van der Waals surface area contributed by atoms with Gasteiger partial charge in [0.2, 0.25) is 0 Å². The van der Waals surface area contributed by atoms with Crippen molar-refractivity contribution < 1.29 is 28.7 Å². The minimum atomic E-state index is 0. The topological polar surface area (TPSA) is 0 Å². The molecule has 0 saturated heterocycles. The van der Waals surface area contributed by atoms with Crippen molar-refractivity contribution in [3.05, 3.63) is 120 Å². The third-order valence-corrected chi connectivity index (χ3v) is 3.88. The Hall–Kier alpha value is -1.73. The van der Waals surface area contributed by atoms with Gasteiger partial charge in [-0.25, -0.2) is 23.8 Å². The van der Waals surface area contributed by atoms with Gasteiger partial charge in [-0.2, -0.15) is 12.2 Å². The van der Waals surface area contributed by atoms with Crippen LogP contribution < -0.4 is 0 Å². The van der Waals surface area contributed by atoms with E-state index >= 15 is 0 Å². The van der Waals surface area contributed by atoms with Gasteiger partial charge in [0.1, 0.15) is 0 Å². The number of benzene rings is 2. The van der Waals surface area contributed by atoms with Crippen molar-refractivity contribution in [2.75, 3.05) is 0 Å². The molecular weight excluding hydrogens is 455 g/mol. The van der Waals surface area contributed by atoms with Crippen LogP contribution in [0.3, 0.4) is 0 Å². The molecule has 0 aliphatic heterocycles. The van der Waals surface area contributed by atoms with E-state index in [0.717, 1.165) is 12.8 Å². The molecule has 0 amide bonds. The summed E-state index contributed by atoms with van der Waals surface area (Å²) in [6.07, 6.45) is 18.8. The van der Waals surface area contributed by atoms with Crippen LogP contribution in [0.4, 0.5) is 0 Å². The molecule has 0 atom stereocenters. The van der Waals surface area contributed by atoms with Gasteiger partial charge >= 0.3 is 25.8 Å². The molecule has 1 heteroatoms. The largest absolute Gasteiger partial charge is 4.00 e. The van der Waals surface area contributed by atoms with Crippen molar-refractivity contribution in [2.24, 2.45) is 0 Å². The van der Waals surface area contributed by atoms with E-state index in [4.69, 9.17) is 0 Å². The maximum atomic E-state index is 3.46. The Labute approximate surface area is 167 Å². The molecule has 0 N–H and O–H groups in total. The van der Waals surface area contributed by atoms with Crippen molar-refractivity contribution in [1.82, 2.24) is 0 Å². The Bertz CT molecular complexity index is 682. The van der Waals surface area contributed by atoms with Gasteiger partial charge < -0.3 is 2.85 Å². The molecule has 0 saturated carbocycles. The molecule has 0 bridgehead atoms. The van der Waals surface area contributed by atoms with Gasteiger partial charge in [-0.3, -0.25) is 12.2 Å². The summed E-state index contributed by atoms with van der Waals surface area (Å²) in [6.45, 7) is 0. The van der Waals surface area contributed by atoms with Gasteiger partial charge in [0.25, 0.3) is 0 Å². The molecule has 0 fully saturated rings. The summed E-state index contributed by atoms with van der Waals surface area (Å²) in [6, 6.07) is 21.3. The van der Waals surface area contributed by atoms with Gasteiger partial charge in [0.15, 0.2) is 0 Å². The van der Waals surface area contributed by atoms with E-state index in [0.29, 0.717) is 5.92 Å². The number of hydrogen-bond acceptors (Lipinski definition) is 0. The fraction of sp³-hybridized carbons (Fsp3) is 0.130. The smallest absolute Gasteiger partial charge is 1.00 e. The van der Waals surface area contributed by atoms with E-state index in [-0.39, 0.29) is 28.7 Å². The normalized spacial score (nSPS) is 14.1. The molecule has 0 unspecified atom stereocenters. The average Bonchev–Trinajstić information content (AvgIpc) is 3.34. The minimum Gasteiger partial charge on any atom is -1.00 e. The van der Waals surface area contributed by atoms with Crippen LogP contribution in [0.1, 0.15) is 32.7 Å². The third kappa shape index (κ3) is 5.14. The standard InChI is InChI=1S/C18H15.C5H5.Hf.2H/c1-3-9-15(10-4-1)18(17-13-7-8-14-17)16-11-5-2-6-12-16;1-2-4-5-3-1;;;/h1-7,9-13,18H,8H2;1-3H,4H2;;;/q2*-1;+4;2*-1. The van der Waals surface area contributed by atoms with Gasteiger partial charge in [-0.15, -0.1) is 12.8 Å². The van der Waals surface area contributed by atoms with Crippen molar-refractivity contribution >= 4 is 0 Å². The van der Waals surface area contributed by atoms with Crippen LogP contribution in [-0.4, -0.2) is 0 Å². The summed E-state index contributed by atoms with van der Waals surface area (Å²) in [5, 5.41) is 0. The molecular formula is C23H22Hf. The van der Waals surface area contributed by atoms with Crippen LogP contribution in [0.5, 0.6) is 0 Å². The molecule has 0 heterocycles. The summed E-state index contributed by atoms with van der Waals surface area (Å²) >= 11 is 0. The molecule has 0 spiro atoms. The van der Waals surface area contributed by atoms with Gasteiger partial charge in [0, 0.05) is 5.92 Å². The zero-order chi connectivity index (χ0) is 15.7. The van der Waals surface area contributed by atoms with Crippen LogP contribution in [-0.2, 0) is 25.8 Å². The SMILES string of the molecule is [C-]1=C(C(c2ccccc2)c2ccccc2)C=CC1.[C-]1=CC=CC1.[H-].[H-].[Hf+4]. The second kappa shape index (κ2) is 10.2. The van der Waals surface area contributed by atoms with Crippen molar-refractivity contribution in [3.63, 3.8) is 0 Å². The van der Waals surface area contributed by atoms with Crippen LogP contribution in [0.15, 0.2) is 96.6 Å². The van der Waals surface area contributed by atoms with Gasteiger partial charge in [-0.1, -0.05) is 60.7 Å². The Balaban J connectivity index is 0.000000685. The Kier molecular flexibility index (Phi) is 7.91. The Morgan fingerprint density at radius 3 is 1.79 bits per heavy atom. The molecule has 2 aromatic carbocycles. The number of rotatable bonds is 3. The van der Waals surface area contributed by atoms with E-state index in [2.05, 4.69) is 91.0 Å². The number of hydrogen-bond donors (Lipinski definition) is 0. The zero-order valence-corrected chi connectivity index (χ0v) is 17.2. The molecule has 2 aliphatic rings. The van der Waals surface area contributed by atoms with Crippen molar-refractivity contribution in [2.45, 2.75) is 18.8 Å². The molecule has 24 heavy (non-hydrogen) atoms. The molecule has 0 nitrogen and oxygen atoms in total. The molecule has 118 valence electrons. The van der Waals surface area contributed by atoms with Crippen LogP contribution in [0.25, 0.3) is 0 Å². The maximum Gasteiger partial charge on any atom is 4.00 e. The van der Waals surface area contributed by atoms with Crippen LogP contribution in [0.2, 0.25) is 0 Å². The first-order valence-corrected chi connectivity index (χ1v) is 8.04. The van der Waals surface area contributed by atoms with E-state index in [9.17, 15) is 0 Å². The average molecular weight is 477 g/mol. The van der Waals surface area contributed by atoms with E-state index in [1.54, 1.807) is 0 Å². The predicted molar refractivity (Wildman–Crippen MR) is 99.0 cm³/mol. The third-order valence-electron chi connectivity index (χ3n) is 3.88. The van der Waals surface area contributed by atoms with Gasteiger partial charge in [0.05, 0.1) is 0 Å². The summed E-state index contributed by atoms with van der Waals surface area (Å²) in [5.41, 5.74) is 3.95. The summed E-state index contributed by atoms with van der Waals surface area (Å²) in [7, 11) is 0. The quantitative estimate of drug-likeness (QED) is 0.374. The second-order valence-corrected chi connectivity index (χ2v) is 5.50. The van der Waals surface area contributed by atoms with Gasteiger partial charge in [-0.05, 0) is 11.1 Å². The van der Waals surface area contributed by atoms with Crippen LogP contribution >= 0.6 is 0 Å². The Morgan fingerprint density at radius 2 is 1.42 bits per heavy atom. The first-order chi connectivity index (χ1) is 11.4. The van der Waals surface area contributed by atoms with E-state index in [1.165, 1.54) is 16.7 Å². The summed E-state index contributed by atoms with van der Waals surface area (Å²) in [5.74, 6) is 0.311. The first kappa shape index (κ1) is 18.6. The maximum absolute atomic E-state index is 3.46. The fourth-order valence-electron chi connectivity index (χ4n) is 2.80. The molecule has 2 aliphatic carbocycles. The zero-order valence-electron chi connectivity index (χ0n) is 15.7. The van der Waals surface area contributed by atoms with Crippen molar-refractivity contribution in [1.29, 1.82) is 0 Å². The molecule has 2 aromatic rings. The van der Waals surface area contributed by atoms with Crippen LogP contribution in [0, 0.1) is 12.2 Å². The summed E-state index contributed by atoms with van der Waals surface area (Å²) in [4.78, 5) is 0. The predicted octanol–water partition coefficient (Wildman–Crippen LogP) is 6.04. The Morgan fingerprint density at radius 1 is 0.792 bits per heavy atom. The second-order valence-electron chi connectivity index (χ2n) is 5.50. The number of allylic oxidation sites excluding steroid dienone is 8. The summed E-state index contributed by atoms with van der Waals surface area (Å²) < 4.78 is 0. The fourth-order valence-corrected chi connectivity index (χ4v) is 2.80.